The van der Waals surface area contributed by atoms with Gasteiger partial charge in [0.1, 0.15) is 12.4 Å². The van der Waals surface area contributed by atoms with Crippen LogP contribution in [0.5, 0.6) is 5.75 Å². The van der Waals surface area contributed by atoms with Gasteiger partial charge in [-0.1, -0.05) is 60.7 Å². The maximum absolute atomic E-state index is 6.18. The average molecular weight is 319 g/mol. The van der Waals surface area contributed by atoms with Crippen LogP contribution in [0.25, 0.3) is 10.8 Å². The van der Waals surface area contributed by atoms with Crippen LogP contribution < -0.4 is 4.74 Å². The van der Waals surface area contributed by atoms with Crippen LogP contribution in [0, 0.1) is 0 Å². The molecule has 124 valence electrons. The van der Waals surface area contributed by atoms with E-state index in [1.54, 1.807) is 0 Å². The zero-order valence-electron chi connectivity index (χ0n) is 14.5. The molecule has 0 unspecified atom stereocenters. The first kappa shape index (κ1) is 16.5. The van der Waals surface area contributed by atoms with Crippen LogP contribution in [0.15, 0.2) is 66.7 Å². The van der Waals surface area contributed by atoms with Crippen molar-refractivity contribution in [2.45, 2.75) is 19.4 Å². The molecule has 0 radical (unpaired) electrons. The monoisotopic (exact) mass is 319 g/mol. The minimum Gasteiger partial charge on any atom is -0.489 e. The van der Waals surface area contributed by atoms with E-state index in [0.717, 1.165) is 25.1 Å². The Labute approximate surface area is 144 Å². The molecule has 2 heteroatoms. The Bertz CT molecular complexity index is 780. The highest BCUT2D eigenvalue weighted by Gasteiger charge is 2.09. The van der Waals surface area contributed by atoms with Crippen molar-refractivity contribution in [1.29, 1.82) is 0 Å². The van der Waals surface area contributed by atoms with Crippen molar-refractivity contribution in [3.63, 3.8) is 0 Å². The van der Waals surface area contributed by atoms with Gasteiger partial charge in [-0.15, -0.1) is 0 Å². The van der Waals surface area contributed by atoms with Gasteiger partial charge in [0.25, 0.3) is 0 Å². The molecule has 0 saturated carbocycles. The SMILES string of the molecule is CN(C)CCCc1c(OCc2ccccc2)ccc2ccccc12. The molecule has 0 bridgehead atoms. The number of hydrogen-bond donors (Lipinski definition) is 0. The van der Waals surface area contributed by atoms with E-state index >= 15 is 0 Å². The summed E-state index contributed by atoms with van der Waals surface area (Å²) >= 11 is 0. The summed E-state index contributed by atoms with van der Waals surface area (Å²) in [5.41, 5.74) is 2.52. The normalized spacial score (nSPS) is 11.1. The van der Waals surface area contributed by atoms with E-state index < -0.39 is 0 Å². The molecule has 0 aliphatic heterocycles. The van der Waals surface area contributed by atoms with Crippen molar-refractivity contribution in [3.05, 3.63) is 77.9 Å². The molecular formula is C22H25NO. The molecule has 2 nitrogen and oxygen atoms in total. The number of hydrogen-bond acceptors (Lipinski definition) is 2. The smallest absolute Gasteiger partial charge is 0.123 e. The molecule has 3 rings (SSSR count). The Morgan fingerprint density at radius 2 is 1.58 bits per heavy atom. The summed E-state index contributed by atoms with van der Waals surface area (Å²) in [6.07, 6.45) is 2.16. The highest BCUT2D eigenvalue weighted by molar-refractivity contribution is 5.87. The van der Waals surface area contributed by atoms with E-state index in [1.165, 1.54) is 21.9 Å². The number of aryl methyl sites for hydroxylation is 1. The van der Waals surface area contributed by atoms with Crippen LogP contribution in [0.3, 0.4) is 0 Å². The first-order chi connectivity index (χ1) is 11.7. The summed E-state index contributed by atoms with van der Waals surface area (Å²) in [5.74, 6) is 1.01. The zero-order chi connectivity index (χ0) is 16.8. The molecule has 0 amide bonds. The molecule has 3 aromatic rings. The Morgan fingerprint density at radius 1 is 0.833 bits per heavy atom. The molecule has 0 heterocycles. The minimum absolute atomic E-state index is 0.611. The van der Waals surface area contributed by atoms with Gasteiger partial charge in [-0.05, 0) is 55.9 Å². The number of fused-ring (bicyclic) bond motifs is 1. The fraction of sp³-hybridized carbons (Fsp3) is 0.273. The second kappa shape index (κ2) is 7.98. The highest BCUT2D eigenvalue weighted by atomic mass is 16.5. The summed E-state index contributed by atoms with van der Waals surface area (Å²) < 4.78 is 6.18. The lowest BCUT2D eigenvalue weighted by Crippen LogP contribution is -2.13. The first-order valence-electron chi connectivity index (χ1n) is 8.56. The van der Waals surface area contributed by atoms with E-state index in [-0.39, 0.29) is 0 Å². The van der Waals surface area contributed by atoms with Crippen LogP contribution in [-0.4, -0.2) is 25.5 Å². The van der Waals surface area contributed by atoms with Crippen molar-refractivity contribution in [1.82, 2.24) is 4.90 Å². The van der Waals surface area contributed by atoms with E-state index in [2.05, 4.69) is 79.7 Å². The molecular weight excluding hydrogens is 294 g/mol. The fourth-order valence-electron chi connectivity index (χ4n) is 3.02. The van der Waals surface area contributed by atoms with Gasteiger partial charge in [-0.25, -0.2) is 0 Å². The number of nitrogens with zero attached hydrogens (tertiary/aromatic N) is 1. The van der Waals surface area contributed by atoms with Crippen LogP contribution in [-0.2, 0) is 13.0 Å². The molecule has 0 N–H and O–H groups in total. The standard InChI is InChI=1S/C22H25NO/c1-23(2)16-8-13-21-20-12-7-6-11-19(20)14-15-22(21)24-17-18-9-4-3-5-10-18/h3-7,9-12,14-15H,8,13,16-17H2,1-2H3. The third kappa shape index (κ3) is 4.15. The number of rotatable bonds is 7. The lowest BCUT2D eigenvalue weighted by molar-refractivity contribution is 0.302. The van der Waals surface area contributed by atoms with Gasteiger partial charge in [-0.2, -0.15) is 0 Å². The van der Waals surface area contributed by atoms with Crippen molar-refractivity contribution in [3.8, 4) is 5.75 Å². The Kier molecular flexibility index (Phi) is 5.50. The lowest BCUT2D eigenvalue weighted by atomic mass is 9.99. The zero-order valence-corrected chi connectivity index (χ0v) is 14.5. The van der Waals surface area contributed by atoms with Crippen molar-refractivity contribution in [2.24, 2.45) is 0 Å². The molecule has 0 spiro atoms. The van der Waals surface area contributed by atoms with Gasteiger partial charge in [0.2, 0.25) is 0 Å². The third-order valence-electron chi connectivity index (χ3n) is 4.27. The number of ether oxygens (including phenoxy) is 1. The predicted molar refractivity (Wildman–Crippen MR) is 102 cm³/mol. The molecule has 0 aliphatic carbocycles. The minimum atomic E-state index is 0.611. The topological polar surface area (TPSA) is 12.5 Å². The number of benzene rings is 3. The third-order valence-corrected chi connectivity index (χ3v) is 4.27. The van der Waals surface area contributed by atoms with Crippen molar-refractivity contribution < 1.29 is 4.74 Å². The molecule has 0 aliphatic rings. The second-order valence-corrected chi connectivity index (χ2v) is 6.44. The second-order valence-electron chi connectivity index (χ2n) is 6.44. The van der Waals surface area contributed by atoms with Crippen LogP contribution >= 0.6 is 0 Å². The average Bonchev–Trinajstić information content (AvgIpc) is 2.61. The molecule has 0 fully saturated rings. The van der Waals surface area contributed by atoms with E-state index in [0.29, 0.717) is 6.61 Å². The van der Waals surface area contributed by atoms with Crippen LogP contribution in [0.1, 0.15) is 17.5 Å². The van der Waals surface area contributed by atoms with Crippen LogP contribution in [0.2, 0.25) is 0 Å². The van der Waals surface area contributed by atoms with Gasteiger partial charge in [-0.3, -0.25) is 0 Å². The molecule has 0 aromatic heterocycles. The highest BCUT2D eigenvalue weighted by Crippen LogP contribution is 2.30. The van der Waals surface area contributed by atoms with Gasteiger partial charge >= 0.3 is 0 Å². The van der Waals surface area contributed by atoms with Gasteiger partial charge in [0.15, 0.2) is 0 Å². The summed E-state index contributed by atoms with van der Waals surface area (Å²) in [7, 11) is 4.24. The lowest BCUT2D eigenvalue weighted by Gasteiger charge is -2.16. The van der Waals surface area contributed by atoms with Crippen molar-refractivity contribution >= 4 is 10.8 Å². The van der Waals surface area contributed by atoms with Gasteiger partial charge in [0, 0.05) is 5.56 Å². The summed E-state index contributed by atoms with van der Waals surface area (Å²) in [6, 6.07) is 23.2. The summed E-state index contributed by atoms with van der Waals surface area (Å²) in [5, 5.41) is 2.59. The van der Waals surface area contributed by atoms with E-state index in [4.69, 9.17) is 4.74 Å². The predicted octanol–water partition coefficient (Wildman–Crippen LogP) is 4.91. The molecule has 0 atom stereocenters. The largest absolute Gasteiger partial charge is 0.489 e. The Morgan fingerprint density at radius 3 is 2.38 bits per heavy atom. The quantitative estimate of drug-likeness (QED) is 0.613. The maximum Gasteiger partial charge on any atom is 0.123 e. The molecule has 3 aromatic carbocycles. The van der Waals surface area contributed by atoms with Gasteiger partial charge < -0.3 is 9.64 Å². The first-order valence-corrected chi connectivity index (χ1v) is 8.56. The molecule has 24 heavy (non-hydrogen) atoms. The summed E-state index contributed by atoms with van der Waals surface area (Å²) in [6.45, 7) is 1.70. The Hall–Kier alpha value is -2.32. The summed E-state index contributed by atoms with van der Waals surface area (Å²) in [4.78, 5) is 2.23. The van der Waals surface area contributed by atoms with Crippen LogP contribution in [0.4, 0.5) is 0 Å². The van der Waals surface area contributed by atoms with Gasteiger partial charge in [0.05, 0.1) is 0 Å². The van der Waals surface area contributed by atoms with Crippen molar-refractivity contribution in [2.75, 3.05) is 20.6 Å². The fourth-order valence-corrected chi connectivity index (χ4v) is 3.02. The Balaban J connectivity index is 1.85. The van der Waals surface area contributed by atoms with E-state index in [1.807, 2.05) is 6.07 Å². The molecule has 0 saturated heterocycles. The van der Waals surface area contributed by atoms with E-state index in [9.17, 15) is 0 Å². The maximum atomic E-state index is 6.18.